The number of ether oxygens (including phenoxy) is 1. The van der Waals surface area contributed by atoms with E-state index in [1.165, 1.54) is 6.07 Å². The summed E-state index contributed by atoms with van der Waals surface area (Å²) in [6.07, 6.45) is 1.62. The molecule has 6 nitrogen and oxygen atoms in total. The first-order valence-electron chi connectivity index (χ1n) is 6.65. The number of nitrogens with zero attached hydrogens (tertiary/aromatic N) is 1. The number of carboxylic acid groups (broad SMARTS) is 1. The molecule has 1 saturated heterocycles. The highest BCUT2D eigenvalue weighted by molar-refractivity contribution is 5.92. The zero-order valence-electron chi connectivity index (χ0n) is 11.1. The van der Waals surface area contributed by atoms with E-state index in [0.29, 0.717) is 17.6 Å². The Labute approximate surface area is 115 Å². The number of benzene rings is 1. The van der Waals surface area contributed by atoms with Gasteiger partial charge in [0.25, 0.3) is 0 Å². The molecule has 20 heavy (non-hydrogen) atoms. The van der Waals surface area contributed by atoms with Gasteiger partial charge in [0.1, 0.15) is 0 Å². The molecule has 2 unspecified atom stereocenters. The molecule has 0 saturated carbocycles. The zero-order valence-corrected chi connectivity index (χ0v) is 11.1. The van der Waals surface area contributed by atoms with E-state index in [2.05, 4.69) is 4.98 Å². The highest BCUT2D eigenvalue weighted by Crippen LogP contribution is 2.27. The maximum atomic E-state index is 12.1. The van der Waals surface area contributed by atoms with Gasteiger partial charge in [-0.1, -0.05) is 0 Å². The molecule has 0 aliphatic carbocycles. The Hall–Kier alpha value is -2.08. The van der Waals surface area contributed by atoms with E-state index in [0.717, 1.165) is 12.8 Å². The second-order valence-electron chi connectivity index (χ2n) is 5.20. The average Bonchev–Trinajstić information content (AvgIpc) is 2.73. The largest absolute Gasteiger partial charge is 0.478 e. The third-order valence-corrected chi connectivity index (χ3v) is 3.79. The minimum atomic E-state index is -0.993. The lowest BCUT2D eigenvalue weighted by atomic mass is 10.0. The summed E-state index contributed by atoms with van der Waals surface area (Å²) in [4.78, 5) is 26.0. The van der Waals surface area contributed by atoms with Gasteiger partial charge in [0, 0.05) is 12.6 Å². The fourth-order valence-electron chi connectivity index (χ4n) is 2.83. The van der Waals surface area contributed by atoms with Crippen LogP contribution in [0.25, 0.3) is 11.0 Å². The minimum absolute atomic E-state index is 0.0454. The van der Waals surface area contributed by atoms with E-state index < -0.39 is 5.97 Å². The third-order valence-electron chi connectivity index (χ3n) is 3.79. The van der Waals surface area contributed by atoms with Crippen molar-refractivity contribution in [3.63, 3.8) is 0 Å². The van der Waals surface area contributed by atoms with Crippen LogP contribution in [0.15, 0.2) is 23.0 Å². The van der Waals surface area contributed by atoms with Crippen LogP contribution in [-0.2, 0) is 4.74 Å². The van der Waals surface area contributed by atoms with Crippen molar-refractivity contribution in [2.24, 2.45) is 0 Å². The van der Waals surface area contributed by atoms with E-state index in [4.69, 9.17) is 9.84 Å². The number of aromatic carboxylic acids is 1. The van der Waals surface area contributed by atoms with Gasteiger partial charge in [0.15, 0.2) is 0 Å². The Morgan fingerprint density at radius 3 is 3.00 bits per heavy atom. The van der Waals surface area contributed by atoms with Crippen molar-refractivity contribution in [1.82, 2.24) is 9.55 Å². The summed E-state index contributed by atoms with van der Waals surface area (Å²) < 4.78 is 7.17. The topological polar surface area (TPSA) is 84.3 Å². The second-order valence-corrected chi connectivity index (χ2v) is 5.20. The molecular weight excluding hydrogens is 260 g/mol. The Morgan fingerprint density at radius 1 is 1.50 bits per heavy atom. The van der Waals surface area contributed by atoms with Gasteiger partial charge < -0.3 is 14.8 Å². The molecule has 2 aromatic rings. The van der Waals surface area contributed by atoms with Crippen molar-refractivity contribution < 1.29 is 14.6 Å². The lowest BCUT2D eigenvalue weighted by molar-refractivity contribution is 0.00614. The van der Waals surface area contributed by atoms with E-state index in [9.17, 15) is 9.59 Å². The number of aromatic amines is 1. The van der Waals surface area contributed by atoms with Gasteiger partial charge in [-0.05, 0) is 38.0 Å². The lowest BCUT2D eigenvalue weighted by Crippen LogP contribution is -2.30. The molecule has 3 rings (SSSR count). The molecule has 1 aromatic carbocycles. The summed E-state index contributed by atoms with van der Waals surface area (Å²) in [5.41, 5.74) is 1.31. The van der Waals surface area contributed by atoms with Gasteiger partial charge in [-0.15, -0.1) is 0 Å². The number of nitrogens with one attached hydrogen (secondary N) is 1. The maximum absolute atomic E-state index is 12.1. The maximum Gasteiger partial charge on any atom is 0.335 e. The zero-order chi connectivity index (χ0) is 14.3. The first-order chi connectivity index (χ1) is 9.56. The van der Waals surface area contributed by atoms with Gasteiger partial charge in [-0.3, -0.25) is 4.57 Å². The molecule has 1 fully saturated rings. The first kappa shape index (κ1) is 12.9. The number of aromatic nitrogens is 2. The number of carbonyl (C=O) groups is 1. The highest BCUT2D eigenvalue weighted by atomic mass is 16.5. The van der Waals surface area contributed by atoms with Gasteiger partial charge in [-0.2, -0.15) is 0 Å². The van der Waals surface area contributed by atoms with Crippen LogP contribution < -0.4 is 5.69 Å². The Bertz CT molecular complexity index is 716. The molecule has 2 N–H and O–H groups in total. The standard InChI is InChI=1S/C14H16N2O4/c1-8-6-10(4-5-20-8)16-12-7-9(13(17)18)2-3-11(12)15-14(16)19/h2-3,7-8,10H,4-6H2,1H3,(H,15,19)(H,17,18). The monoisotopic (exact) mass is 276 g/mol. The number of fused-ring (bicyclic) bond motifs is 1. The van der Waals surface area contributed by atoms with Crippen LogP contribution in [0.2, 0.25) is 0 Å². The molecule has 0 amide bonds. The molecule has 1 aliphatic heterocycles. The number of carboxylic acids is 1. The molecular formula is C14H16N2O4. The van der Waals surface area contributed by atoms with Gasteiger partial charge >= 0.3 is 11.7 Å². The Balaban J connectivity index is 2.13. The van der Waals surface area contributed by atoms with Crippen LogP contribution in [0.5, 0.6) is 0 Å². The van der Waals surface area contributed by atoms with Crippen LogP contribution in [0.3, 0.4) is 0 Å². The van der Waals surface area contributed by atoms with Crippen molar-refractivity contribution in [3.05, 3.63) is 34.2 Å². The molecule has 2 atom stereocenters. The van der Waals surface area contributed by atoms with Crippen molar-refractivity contribution in [3.8, 4) is 0 Å². The number of H-pyrrole nitrogens is 1. The smallest absolute Gasteiger partial charge is 0.335 e. The Morgan fingerprint density at radius 2 is 2.30 bits per heavy atom. The van der Waals surface area contributed by atoms with Crippen LogP contribution in [-0.4, -0.2) is 33.3 Å². The second kappa shape index (κ2) is 4.79. The minimum Gasteiger partial charge on any atom is -0.478 e. The van der Waals surface area contributed by atoms with Crippen LogP contribution in [0, 0.1) is 0 Å². The summed E-state index contributed by atoms with van der Waals surface area (Å²) >= 11 is 0. The average molecular weight is 276 g/mol. The molecule has 1 aromatic heterocycles. The summed E-state index contributed by atoms with van der Waals surface area (Å²) in [5.74, 6) is -0.993. The molecule has 0 radical (unpaired) electrons. The molecule has 0 spiro atoms. The third kappa shape index (κ3) is 2.12. The first-order valence-corrected chi connectivity index (χ1v) is 6.65. The van der Waals surface area contributed by atoms with E-state index in [1.807, 2.05) is 6.92 Å². The van der Waals surface area contributed by atoms with Crippen molar-refractivity contribution >= 4 is 17.0 Å². The normalized spacial score (nSPS) is 23.1. The summed E-state index contributed by atoms with van der Waals surface area (Å²) in [6, 6.07) is 4.73. The quantitative estimate of drug-likeness (QED) is 0.875. The van der Waals surface area contributed by atoms with E-state index in [-0.39, 0.29) is 23.4 Å². The van der Waals surface area contributed by atoms with Crippen LogP contribution >= 0.6 is 0 Å². The fraction of sp³-hybridized carbons (Fsp3) is 0.429. The van der Waals surface area contributed by atoms with Crippen molar-refractivity contribution in [2.45, 2.75) is 31.9 Å². The van der Waals surface area contributed by atoms with E-state index >= 15 is 0 Å². The molecule has 106 valence electrons. The number of rotatable bonds is 2. The SMILES string of the molecule is CC1CC(n2c(=O)[nH]c3ccc(C(=O)O)cc32)CCO1. The Kier molecular flexibility index (Phi) is 3.10. The lowest BCUT2D eigenvalue weighted by Gasteiger charge is -2.28. The molecule has 1 aliphatic rings. The number of imidazole rings is 1. The molecule has 0 bridgehead atoms. The number of hydrogen-bond donors (Lipinski definition) is 2. The van der Waals surface area contributed by atoms with Gasteiger partial charge in [0.2, 0.25) is 0 Å². The summed E-state index contributed by atoms with van der Waals surface area (Å²) in [7, 11) is 0. The van der Waals surface area contributed by atoms with Crippen LogP contribution in [0.1, 0.15) is 36.2 Å². The van der Waals surface area contributed by atoms with Gasteiger partial charge in [0.05, 0.1) is 22.7 Å². The highest BCUT2D eigenvalue weighted by Gasteiger charge is 2.24. The predicted octanol–water partition coefficient (Wildman–Crippen LogP) is 1.77. The summed E-state index contributed by atoms with van der Waals surface area (Å²) in [5, 5.41) is 9.08. The van der Waals surface area contributed by atoms with Crippen molar-refractivity contribution in [2.75, 3.05) is 6.61 Å². The summed E-state index contributed by atoms with van der Waals surface area (Å²) in [6.45, 7) is 2.60. The van der Waals surface area contributed by atoms with Crippen molar-refractivity contribution in [1.29, 1.82) is 0 Å². The molecule has 6 heteroatoms. The van der Waals surface area contributed by atoms with Crippen LogP contribution in [0.4, 0.5) is 0 Å². The predicted molar refractivity (Wildman–Crippen MR) is 73.2 cm³/mol. The number of hydrogen-bond acceptors (Lipinski definition) is 3. The molecule has 2 heterocycles. The van der Waals surface area contributed by atoms with Gasteiger partial charge in [-0.25, -0.2) is 9.59 Å². The van der Waals surface area contributed by atoms with E-state index in [1.54, 1.807) is 16.7 Å². The fourth-order valence-corrected chi connectivity index (χ4v) is 2.83.